The molecule has 0 bridgehead atoms. The molecule has 8 heteroatoms. The van der Waals surface area contributed by atoms with Crippen LogP contribution in [0.15, 0.2) is 36.4 Å². The average Bonchev–Trinajstić information content (AvgIpc) is 2.80. The Morgan fingerprint density at radius 2 is 1.61 bits per heavy atom. The maximum atomic E-state index is 12.2. The van der Waals surface area contributed by atoms with Crippen LogP contribution in [-0.4, -0.2) is 27.7 Å². The highest BCUT2D eigenvalue weighted by Crippen LogP contribution is 2.34. The van der Waals surface area contributed by atoms with E-state index in [-0.39, 0.29) is 11.3 Å². The van der Waals surface area contributed by atoms with E-state index in [1.165, 1.54) is 24.3 Å². The van der Waals surface area contributed by atoms with Gasteiger partial charge in [-0.25, -0.2) is 0 Å². The molecule has 1 aromatic rings. The minimum Gasteiger partial charge on any atom is -0.272 e. The molecule has 0 aromatic heterocycles. The van der Waals surface area contributed by atoms with Gasteiger partial charge in [0.25, 0.3) is 23.4 Å². The summed E-state index contributed by atoms with van der Waals surface area (Å²) in [6.45, 7) is 0. The zero-order valence-corrected chi connectivity index (χ0v) is 12.0. The van der Waals surface area contributed by atoms with Crippen molar-refractivity contribution in [3.8, 4) is 0 Å². The van der Waals surface area contributed by atoms with E-state index in [1.54, 1.807) is 0 Å². The molecule has 1 saturated heterocycles. The molecule has 0 spiro atoms. The fourth-order valence-corrected chi connectivity index (χ4v) is 2.81. The quantitative estimate of drug-likeness (QED) is 0.390. The normalized spacial score (nSPS) is 22.9. The lowest BCUT2D eigenvalue weighted by Crippen LogP contribution is -2.46. The number of imide groups is 1. The summed E-state index contributed by atoms with van der Waals surface area (Å²) in [5.41, 5.74) is 2.28. The Labute approximate surface area is 130 Å². The first kappa shape index (κ1) is 14.9. The van der Waals surface area contributed by atoms with Crippen molar-refractivity contribution in [1.29, 1.82) is 0 Å². The summed E-state index contributed by atoms with van der Waals surface area (Å²) < 4.78 is 0. The van der Waals surface area contributed by atoms with Crippen LogP contribution >= 0.6 is 0 Å². The lowest BCUT2D eigenvalue weighted by atomic mass is 9.85. The van der Waals surface area contributed by atoms with Gasteiger partial charge < -0.3 is 0 Å². The SMILES string of the molecule is O=C(NN1C(=O)C2CC=CCC2C1=O)c1ccc([N+](=O)[O-])cc1. The summed E-state index contributed by atoms with van der Waals surface area (Å²) in [5.74, 6) is -2.35. The van der Waals surface area contributed by atoms with Crippen molar-refractivity contribution in [2.75, 3.05) is 0 Å². The molecule has 3 amide bonds. The van der Waals surface area contributed by atoms with Gasteiger partial charge in [0.1, 0.15) is 0 Å². The number of carbonyl (C=O) groups is 3. The third-order valence-corrected chi connectivity index (χ3v) is 4.06. The van der Waals surface area contributed by atoms with Crippen LogP contribution in [0.1, 0.15) is 23.2 Å². The van der Waals surface area contributed by atoms with Gasteiger partial charge in [0.2, 0.25) is 0 Å². The van der Waals surface area contributed by atoms with Gasteiger partial charge in [0, 0.05) is 17.7 Å². The molecule has 2 aliphatic rings. The minimum absolute atomic E-state index is 0.129. The van der Waals surface area contributed by atoms with Crippen LogP contribution in [0.5, 0.6) is 0 Å². The third-order valence-electron chi connectivity index (χ3n) is 4.06. The smallest absolute Gasteiger partial charge is 0.270 e. The van der Waals surface area contributed by atoms with Gasteiger partial charge in [0.05, 0.1) is 16.8 Å². The predicted octanol–water partition coefficient (Wildman–Crippen LogP) is 1.19. The molecule has 23 heavy (non-hydrogen) atoms. The average molecular weight is 315 g/mol. The molecule has 1 aliphatic heterocycles. The summed E-state index contributed by atoms with van der Waals surface area (Å²) in [5, 5.41) is 11.4. The first-order valence-electron chi connectivity index (χ1n) is 7.07. The standard InChI is InChI=1S/C15H13N3O5/c19-13(9-5-7-10(8-6-9)18(22)23)16-17-14(20)11-3-1-2-4-12(11)15(17)21/h1-2,5-8,11-12H,3-4H2,(H,16,19). The molecule has 1 fully saturated rings. The number of rotatable bonds is 3. The molecule has 8 nitrogen and oxygen atoms in total. The highest BCUT2D eigenvalue weighted by atomic mass is 16.6. The molecule has 1 N–H and O–H groups in total. The molecule has 0 radical (unpaired) electrons. The number of hydrogen-bond donors (Lipinski definition) is 1. The highest BCUT2D eigenvalue weighted by Gasteiger charge is 2.48. The number of nitro groups is 1. The van der Waals surface area contributed by atoms with Crippen LogP contribution < -0.4 is 5.43 Å². The number of benzene rings is 1. The first-order chi connectivity index (χ1) is 11.0. The van der Waals surface area contributed by atoms with Crippen LogP contribution in [0.3, 0.4) is 0 Å². The Kier molecular flexibility index (Phi) is 3.65. The topological polar surface area (TPSA) is 110 Å². The van der Waals surface area contributed by atoms with Crippen molar-refractivity contribution in [3.05, 3.63) is 52.1 Å². The monoisotopic (exact) mass is 315 g/mol. The molecule has 3 rings (SSSR count). The summed E-state index contributed by atoms with van der Waals surface area (Å²) in [6.07, 6.45) is 4.68. The number of hydrazine groups is 1. The van der Waals surface area contributed by atoms with Crippen LogP contribution in [0.4, 0.5) is 5.69 Å². The number of nitrogens with one attached hydrogen (secondary N) is 1. The van der Waals surface area contributed by atoms with Gasteiger partial charge in [-0.2, -0.15) is 5.01 Å². The zero-order chi connectivity index (χ0) is 16.6. The van der Waals surface area contributed by atoms with Crippen LogP contribution in [0, 0.1) is 22.0 Å². The van der Waals surface area contributed by atoms with E-state index in [0.29, 0.717) is 12.8 Å². The van der Waals surface area contributed by atoms with Gasteiger partial charge in [-0.05, 0) is 25.0 Å². The fraction of sp³-hybridized carbons (Fsp3) is 0.267. The molecule has 118 valence electrons. The Morgan fingerprint density at radius 1 is 1.09 bits per heavy atom. The van der Waals surface area contributed by atoms with Crippen molar-refractivity contribution in [2.45, 2.75) is 12.8 Å². The lowest BCUT2D eigenvalue weighted by molar-refractivity contribution is -0.384. The van der Waals surface area contributed by atoms with Crippen molar-refractivity contribution in [3.63, 3.8) is 0 Å². The third kappa shape index (κ3) is 2.59. The van der Waals surface area contributed by atoms with Crippen LogP contribution in [-0.2, 0) is 9.59 Å². The molecule has 0 saturated carbocycles. The van der Waals surface area contributed by atoms with E-state index >= 15 is 0 Å². The largest absolute Gasteiger partial charge is 0.272 e. The summed E-state index contributed by atoms with van der Waals surface area (Å²) >= 11 is 0. The molecular weight excluding hydrogens is 302 g/mol. The number of carbonyl (C=O) groups excluding carboxylic acids is 3. The molecule has 1 heterocycles. The predicted molar refractivity (Wildman–Crippen MR) is 77.8 cm³/mol. The summed E-state index contributed by atoms with van der Waals surface area (Å²) in [4.78, 5) is 46.6. The number of non-ortho nitro benzene ring substituents is 1. The summed E-state index contributed by atoms with van der Waals surface area (Å²) in [6, 6.07) is 4.92. The van der Waals surface area contributed by atoms with Crippen molar-refractivity contribution < 1.29 is 19.3 Å². The van der Waals surface area contributed by atoms with Gasteiger partial charge >= 0.3 is 0 Å². The fourth-order valence-electron chi connectivity index (χ4n) is 2.81. The van der Waals surface area contributed by atoms with E-state index < -0.39 is 34.5 Å². The van der Waals surface area contributed by atoms with E-state index in [0.717, 1.165) is 5.01 Å². The number of allylic oxidation sites excluding steroid dienone is 2. The van der Waals surface area contributed by atoms with E-state index in [9.17, 15) is 24.5 Å². The second kappa shape index (κ2) is 5.64. The number of hydrogen-bond acceptors (Lipinski definition) is 5. The minimum atomic E-state index is -0.659. The number of amides is 3. The number of fused-ring (bicyclic) bond motifs is 1. The molecule has 1 aliphatic carbocycles. The van der Waals surface area contributed by atoms with Gasteiger partial charge in [-0.15, -0.1) is 0 Å². The first-order valence-corrected chi connectivity index (χ1v) is 7.07. The van der Waals surface area contributed by atoms with Crippen molar-refractivity contribution in [1.82, 2.24) is 10.4 Å². The van der Waals surface area contributed by atoms with E-state index in [4.69, 9.17) is 0 Å². The Morgan fingerprint density at radius 3 is 2.09 bits per heavy atom. The summed E-state index contributed by atoms with van der Waals surface area (Å²) in [7, 11) is 0. The molecular formula is C15H13N3O5. The van der Waals surface area contributed by atoms with Gasteiger partial charge in [-0.3, -0.25) is 29.9 Å². The Balaban J connectivity index is 1.74. The van der Waals surface area contributed by atoms with Gasteiger partial charge in [0.15, 0.2) is 0 Å². The van der Waals surface area contributed by atoms with E-state index in [2.05, 4.69) is 5.43 Å². The Bertz CT molecular complexity index is 699. The van der Waals surface area contributed by atoms with Crippen molar-refractivity contribution in [2.24, 2.45) is 11.8 Å². The van der Waals surface area contributed by atoms with Crippen molar-refractivity contribution >= 4 is 23.4 Å². The second-order valence-electron chi connectivity index (χ2n) is 5.41. The maximum absolute atomic E-state index is 12.2. The molecule has 2 unspecified atom stereocenters. The van der Waals surface area contributed by atoms with Crippen LogP contribution in [0.2, 0.25) is 0 Å². The van der Waals surface area contributed by atoms with Gasteiger partial charge in [-0.1, -0.05) is 12.2 Å². The van der Waals surface area contributed by atoms with Crippen LogP contribution in [0.25, 0.3) is 0 Å². The highest BCUT2D eigenvalue weighted by molar-refractivity contribution is 6.08. The maximum Gasteiger partial charge on any atom is 0.270 e. The Hall–Kier alpha value is -3.03. The zero-order valence-electron chi connectivity index (χ0n) is 12.0. The lowest BCUT2D eigenvalue weighted by Gasteiger charge is -2.15. The number of nitrogens with zero attached hydrogens (tertiary/aromatic N) is 2. The molecule has 1 aromatic carbocycles. The second-order valence-corrected chi connectivity index (χ2v) is 5.41. The molecule has 2 atom stereocenters. The number of nitro benzene ring substituents is 1. The van der Waals surface area contributed by atoms with E-state index in [1.807, 2.05) is 12.2 Å².